The molecule has 5 atom stereocenters. The van der Waals surface area contributed by atoms with Crippen LogP contribution in [0.4, 0.5) is 4.79 Å². The third kappa shape index (κ3) is 5.06. The van der Waals surface area contributed by atoms with Crippen molar-refractivity contribution in [3.8, 4) is 0 Å². The Balaban J connectivity index is 2.55. The number of carbonyl (C=O) groups is 1. The molecule has 11 heteroatoms. The van der Waals surface area contributed by atoms with E-state index >= 15 is 0 Å². The summed E-state index contributed by atoms with van der Waals surface area (Å²) < 4.78 is 33.1. The van der Waals surface area contributed by atoms with E-state index in [1.54, 1.807) is 6.26 Å². The van der Waals surface area contributed by atoms with Crippen LogP contribution in [0.15, 0.2) is 0 Å². The fourth-order valence-electron chi connectivity index (χ4n) is 4.71. The third-order valence-electron chi connectivity index (χ3n) is 6.37. The second-order valence-electron chi connectivity index (χ2n) is 9.54. The highest BCUT2D eigenvalue weighted by molar-refractivity contribution is 8.12. The molecule has 2 saturated heterocycles. The first kappa shape index (κ1) is 26.8. The topological polar surface area (TPSA) is 63.2 Å². The lowest BCUT2D eigenvalue weighted by molar-refractivity contribution is -0.0321. The average Bonchev–Trinajstić information content (AvgIpc) is 2.96. The molecule has 0 bridgehead atoms. The molecule has 0 aromatic carbocycles. The van der Waals surface area contributed by atoms with Gasteiger partial charge in [0, 0.05) is 0 Å². The van der Waals surface area contributed by atoms with Crippen molar-refractivity contribution in [3.63, 3.8) is 0 Å². The molecule has 0 spiro atoms. The molecular formula is C19H40BO6PSSi2. The molecule has 2 aliphatic heterocycles. The minimum Gasteiger partial charge on any atom is -0.449 e. The molecule has 0 saturated carbocycles. The minimum absolute atomic E-state index is 0.219. The van der Waals surface area contributed by atoms with Crippen molar-refractivity contribution < 1.29 is 27.2 Å². The van der Waals surface area contributed by atoms with Crippen LogP contribution in [0.5, 0.6) is 0 Å². The van der Waals surface area contributed by atoms with E-state index in [0.717, 1.165) is 11.8 Å². The molecule has 2 rings (SSSR count). The summed E-state index contributed by atoms with van der Waals surface area (Å²) in [7, 11) is -2.65. The Morgan fingerprint density at radius 3 is 2.00 bits per heavy atom. The van der Waals surface area contributed by atoms with Gasteiger partial charge >= 0.3 is 22.4 Å². The molecule has 0 aliphatic carbocycles. The first-order chi connectivity index (χ1) is 13.9. The van der Waals surface area contributed by atoms with Gasteiger partial charge in [0.25, 0.3) is 0 Å². The third-order valence-corrected chi connectivity index (χ3v) is 17.5. The van der Waals surface area contributed by atoms with Gasteiger partial charge in [-0.3, -0.25) is 0 Å². The van der Waals surface area contributed by atoms with Crippen LogP contribution in [0.3, 0.4) is 0 Å². The van der Waals surface area contributed by atoms with Gasteiger partial charge in [0.2, 0.25) is 0 Å². The van der Waals surface area contributed by atoms with Gasteiger partial charge in [-0.05, 0) is 40.2 Å². The lowest BCUT2D eigenvalue weighted by Gasteiger charge is -2.51. The van der Waals surface area contributed by atoms with E-state index in [9.17, 15) is 4.79 Å². The Bertz CT molecular complexity index is 581. The molecule has 0 aromatic rings. The van der Waals surface area contributed by atoms with Crippen LogP contribution in [-0.2, 0) is 22.4 Å². The number of fused-ring (bicyclic) bond motifs is 1. The molecule has 2 heterocycles. The van der Waals surface area contributed by atoms with E-state index in [1.165, 1.54) is 0 Å². The average molecular weight is 495 g/mol. The maximum atomic E-state index is 12.1. The van der Waals surface area contributed by atoms with Crippen molar-refractivity contribution in [2.24, 2.45) is 0 Å². The van der Waals surface area contributed by atoms with Gasteiger partial charge in [-0.25, -0.2) is 4.79 Å². The van der Waals surface area contributed by atoms with Crippen molar-refractivity contribution >= 4 is 50.3 Å². The fraction of sp³-hybridized carbons (Fsp3) is 0.947. The number of thioether (sulfide) groups is 1. The van der Waals surface area contributed by atoms with Crippen LogP contribution in [0, 0.1) is 0 Å². The van der Waals surface area contributed by atoms with Crippen molar-refractivity contribution in [2.45, 2.75) is 102 Å². The molecule has 2 unspecified atom stereocenters. The van der Waals surface area contributed by atoms with E-state index in [0.29, 0.717) is 13.6 Å². The lowest BCUT2D eigenvalue weighted by Crippen LogP contribution is -2.66. The summed E-state index contributed by atoms with van der Waals surface area (Å²) in [5.41, 5.74) is 1.00. The van der Waals surface area contributed by atoms with Crippen LogP contribution in [0.2, 0.25) is 22.2 Å². The van der Waals surface area contributed by atoms with Gasteiger partial charge in [0.15, 0.2) is 7.00 Å². The van der Waals surface area contributed by atoms with Gasteiger partial charge < -0.3 is 22.4 Å². The molecule has 2 fully saturated rings. The molecule has 0 amide bonds. The van der Waals surface area contributed by atoms with Gasteiger partial charge in [-0.2, -0.15) is 9.12 Å². The molecule has 6 nitrogen and oxygen atoms in total. The normalized spacial score (nSPS) is 31.0. The van der Waals surface area contributed by atoms with Gasteiger partial charge in [-0.15, -0.1) is 0 Å². The van der Waals surface area contributed by atoms with E-state index < -0.39 is 23.2 Å². The standard InChI is InChI=1S/C19H40BO6PSSi2/c1-11(2)29(12(3)4)22-10-15-16(25-30(26-29,13(5)6)14(7)8)17(18(20-27)23-15)24-19(21)28-9/h11-18,20H,10,27H2,1-9H3/t15-,16?,17+,18-/m1/s1. The maximum Gasteiger partial charge on any atom is 0.367 e. The predicted molar refractivity (Wildman–Crippen MR) is 133 cm³/mol. The molecular weight excluding hydrogens is 454 g/mol. The summed E-state index contributed by atoms with van der Waals surface area (Å²) in [6.07, 6.45) is 0.613. The van der Waals surface area contributed by atoms with Crippen LogP contribution in [0.1, 0.15) is 55.4 Å². The number of hydrogen-bond donors (Lipinski definition) is 0. The van der Waals surface area contributed by atoms with E-state index in [2.05, 4.69) is 64.5 Å². The zero-order chi connectivity index (χ0) is 22.9. The Kier molecular flexibility index (Phi) is 9.55. The van der Waals surface area contributed by atoms with Gasteiger partial charge in [0.1, 0.15) is 18.3 Å². The largest absolute Gasteiger partial charge is 0.449 e. The van der Waals surface area contributed by atoms with Gasteiger partial charge in [0.05, 0.1) is 12.6 Å². The lowest BCUT2D eigenvalue weighted by atomic mass is 9.91. The highest BCUT2D eigenvalue weighted by atomic mass is 32.2. The quantitative estimate of drug-likeness (QED) is 0.300. The molecule has 0 N–H and O–H groups in total. The summed E-state index contributed by atoms with van der Waals surface area (Å²) in [4.78, 5) is 12.1. The summed E-state index contributed by atoms with van der Waals surface area (Å²) in [5.74, 6) is 0. The first-order valence-electron chi connectivity index (χ1n) is 11.1. The molecule has 2 aliphatic rings. The second kappa shape index (κ2) is 10.7. The summed E-state index contributed by atoms with van der Waals surface area (Å²) in [5, 5.41) is -0.311. The van der Waals surface area contributed by atoms with Crippen molar-refractivity contribution in [3.05, 3.63) is 0 Å². The second-order valence-corrected chi connectivity index (χ2v) is 19.6. The summed E-state index contributed by atoms with van der Waals surface area (Å²) in [6, 6.07) is -0.233. The zero-order valence-electron chi connectivity index (χ0n) is 20.0. The zero-order valence-corrected chi connectivity index (χ0v) is 23.9. The van der Waals surface area contributed by atoms with E-state index in [1.807, 2.05) is 0 Å². The Morgan fingerprint density at radius 2 is 1.57 bits per heavy atom. The minimum atomic E-state index is -2.76. The number of hydrogen-bond acceptors (Lipinski definition) is 7. The van der Waals surface area contributed by atoms with Crippen LogP contribution in [0.25, 0.3) is 0 Å². The fourth-order valence-corrected chi connectivity index (χ4v) is 16.5. The van der Waals surface area contributed by atoms with E-state index in [-0.39, 0.29) is 45.7 Å². The Labute approximate surface area is 192 Å². The van der Waals surface area contributed by atoms with Crippen molar-refractivity contribution in [2.75, 3.05) is 12.9 Å². The number of rotatable bonds is 6. The van der Waals surface area contributed by atoms with Crippen LogP contribution in [-0.4, -0.2) is 66.6 Å². The smallest absolute Gasteiger partial charge is 0.367 e. The van der Waals surface area contributed by atoms with Crippen LogP contribution < -0.4 is 0 Å². The van der Waals surface area contributed by atoms with Crippen LogP contribution >= 0.6 is 20.9 Å². The number of carbonyl (C=O) groups excluding carboxylic acids is 1. The molecule has 174 valence electrons. The monoisotopic (exact) mass is 494 g/mol. The maximum absolute atomic E-state index is 12.1. The predicted octanol–water partition coefficient (Wildman–Crippen LogP) is 4.76. The Morgan fingerprint density at radius 1 is 1.03 bits per heavy atom. The highest BCUT2D eigenvalue weighted by Gasteiger charge is 2.62. The molecule has 0 aromatic heterocycles. The van der Waals surface area contributed by atoms with Crippen molar-refractivity contribution in [1.82, 2.24) is 0 Å². The van der Waals surface area contributed by atoms with Gasteiger partial charge in [-0.1, -0.05) is 55.4 Å². The molecule has 30 heavy (non-hydrogen) atoms. The number of ether oxygens (including phenoxy) is 2. The summed E-state index contributed by atoms with van der Waals surface area (Å²) >= 11 is 1.07. The highest BCUT2D eigenvalue weighted by Crippen LogP contribution is 2.47. The first-order valence-corrected chi connectivity index (χ1v) is 17.1. The Hall–Kier alpha value is 0.589. The SMILES string of the molecule is CSC(=O)O[C@H]1C2O[Si](C(C)C)(C(C)C)O[Si](C(C)C)(C(C)C)OC[C@H]2O[C@H]1BP. The molecule has 0 radical (unpaired) electrons. The summed E-state index contributed by atoms with van der Waals surface area (Å²) in [6.45, 7) is 18.6. The van der Waals surface area contributed by atoms with Crippen molar-refractivity contribution in [1.29, 1.82) is 0 Å². The van der Waals surface area contributed by atoms with E-state index in [4.69, 9.17) is 22.4 Å².